The van der Waals surface area contributed by atoms with Gasteiger partial charge in [0.05, 0.1) is 22.8 Å². The summed E-state index contributed by atoms with van der Waals surface area (Å²) in [5, 5.41) is 5.82. The van der Waals surface area contributed by atoms with E-state index in [0.717, 1.165) is 30.0 Å². The predicted molar refractivity (Wildman–Crippen MR) is 107 cm³/mol. The molecule has 1 aliphatic heterocycles. The molecule has 3 aromatic rings. The molecule has 1 aliphatic rings. The summed E-state index contributed by atoms with van der Waals surface area (Å²) in [4.78, 5) is 19.8. The topological polar surface area (TPSA) is 54.5 Å². The number of carbonyl (C=O) groups excluding carboxylic acids is 1. The summed E-state index contributed by atoms with van der Waals surface area (Å²) in [5.41, 5.74) is 0.930. The van der Waals surface area contributed by atoms with E-state index in [2.05, 4.69) is 29.0 Å². The van der Waals surface area contributed by atoms with E-state index >= 15 is 0 Å². The molecule has 2 aromatic heterocycles. The summed E-state index contributed by atoms with van der Waals surface area (Å²) in [6, 6.07) is 6.45. The van der Waals surface area contributed by atoms with Crippen LogP contribution in [-0.2, 0) is 11.3 Å². The fourth-order valence-corrected chi connectivity index (χ4v) is 5.04. The van der Waals surface area contributed by atoms with E-state index in [4.69, 9.17) is 4.74 Å². The van der Waals surface area contributed by atoms with Gasteiger partial charge < -0.3 is 4.74 Å². The number of carbonyl (C=O) groups is 1. The first-order valence-corrected chi connectivity index (χ1v) is 10.5. The summed E-state index contributed by atoms with van der Waals surface area (Å²) in [6.45, 7) is 6.62. The lowest BCUT2D eigenvalue weighted by Crippen LogP contribution is -2.44. The van der Waals surface area contributed by atoms with Gasteiger partial charge >= 0.3 is 0 Å². The smallest absolute Gasteiger partial charge is 0.267 e. The van der Waals surface area contributed by atoms with Crippen molar-refractivity contribution < 1.29 is 13.9 Å². The third-order valence-corrected chi connectivity index (χ3v) is 6.29. The number of thiazole rings is 1. The minimum Gasteiger partial charge on any atom is -0.373 e. The molecule has 0 saturated carbocycles. The number of thiophene rings is 1. The van der Waals surface area contributed by atoms with Gasteiger partial charge in [0, 0.05) is 35.1 Å². The van der Waals surface area contributed by atoms with Crippen molar-refractivity contribution in [3.8, 4) is 0 Å². The molecule has 27 heavy (non-hydrogen) atoms. The summed E-state index contributed by atoms with van der Waals surface area (Å²) in [7, 11) is 0. The molecule has 8 heteroatoms. The molecular weight excluding hydrogens is 385 g/mol. The number of halogens is 1. The lowest BCUT2D eigenvalue weighted by atomic mass is 10.2. The van der Waals surface area contributed by atoms with Gasteiger partial charge in [0.1, 0.15) is 5.82 Å². The Labute approximate surface area is 164 Å². The van der Waals surface area contributed by atoms with Crippen molar-refractivity contribution in [1.82, 2.24) is 9.88 Å². The monoisotopic (exact) mass is 405 g/mol. The second kappa shape index (κ2) is 7.63. The van der Waals surface area contributed by atoms with Crippen molar-refractivity contribution in [1.29, 1.82) is 0 Å². The van der Waals surface area contributed by atoms with Gasteiger partial charge in [-0.25, -0.2) is 9.37 Å². The molecule has 5 nitrogen and oxygen atoms in total. The van der Waals surface area contributed by atoms with Gasteiger partial charge in [0.15, 0.2) is 5.13 Å². The molecule has 0 bridgehead atoms. The van der Waals surface area contributed by atoms with Crippen molar-refractivity contribution in [2.45, 2.75) is 32.6 Å². The minimum atomic E-state index is -0.312. The van der Waals surface area contributed by atoms with E-state index in [0.29, 0.717) is 15.4 Å². The van der Waals surface area contributed by atoms with Crippen LogP contribution in [0.4, 0.5) is 9.52 Å². The van der Waals surface area contributed by atoms with Gasteiger partial charge in [-0.15, -0.1) is 22.7 Å². The highest BCUT2D eigenvalue weighted by Gasteiger charge is 2.23. The van der Waals surface area contributed by atoms with E-state index in [1.54, 1.807) is 12.1 Å². The maximum atomic E-state index is 13.8. The highest BCUT2D eigenvalue weighted by atomic mass is 32.1. The average molecular weight is 406 g/mol. The predicted octanol–water partition coefficient (Wildman–Crippen LogP) is 4.36. The third kappa shape index (κ3) is 4.19. The number of nitrogens with one attached hydrogen (secondary N) is 1. The minimum absolute atomic E-state index is 0.208. The molecular formula is C19H20FN3O2S2. The molecule has 2 unspecified atom stereocenters. The Balaban J connectivity index is 1.42. The number of hydrogen-bond acceptors (Lipinski definition) is 6. The Morgan fingerprint density at radius 1 is 1.37 bits per heavy atom. The number of hydrogen-bond donors (Lipinski definition) is 1. The zero-order chi connectivity index (χ0) is 19.0. The van der Waals surface area contributed by atoms with Gasteiger partial charge in [-0.1, -0.05) is 6.07 Å². The molecule has 2 atom stereocenters. The SMILES string of the molecule is CC1CN(Cc2csc(NC(=O)c3cc4c(F)cccc4s3)n2)CC(C)O1. The molecule has 3 heterocycles. The Morgan fingerprint density at radius 3 is 2.89 bits per heavy atom. The maximum Gasteiger partial charge on any atom is 0.267 e. The average Bonchev–Trinajstić information content (AvgIpc) is 3.21. The first-order chi connectivity index (χ1) is 13.0. The van der Waals surface area contributed by atoms with Gasteiger partial charge in [0.25, 0.3) is 5.91 Å². The van der Waals surface area contributed by atoms with Gasteiger partial charge in [-0.3, -0.25) is 15.0 Å². The number of nitrogens with zero attached hydrogens (tertiary/aromatic N) is 2. The molecule has 142 valence electrons. The molecule has 0 radical (unpaired) electrons. The van der Waals surface area contributed by atoms with Crippen LogP contribution in [0.1, 0.15) is 29.2 Å². The van der Waals surface area contributed by atoms with Crippen LogP contribution < -0.4 is 5.32 Å². The Hall–Kier alpha value is -1.87. The molecule has 4 rings (SSSR count). The molecule has 1 amide bonds. The van der Waals surface area contributed by atoms with Crippen LogP contribution in [0.15, 0.2) is 29.6 Å². The zero-order valence-corrected chi connectivity index (χ0v) is 16.7. The van der Waals surface area contributed by atoms with Crippen LogP contribution in [-0.4, -0.2) is 41.1 Å². The van der Waals surface area contributed by atoms with E-state index < -0.39 is 0 Å². The number of rotatable bonds is 4. The Kier molecular flexibility index (Phi) is 5.23. The van der Waals surface area contributed by atoms with Crippen LogP contribution in [0, 0.1) is 5.82 Å². The molecule has 0 spiro atoms. The van der Waals surface area contributed by atoms with Gasteiger partial charge in [-0.2, -0.15) is 0 Å². The normalized spacial score (nSPS) is 20.9. The fraction of sp³-hybridized carbons (Fsp3) is 0.368. The highest BCUT2D eigenvalue weighted by molar-refractivity contribution is 7.21. The quantitative estimate of drug-likeness (QED) is 0.701. The number of benzene rings is 1. The molecule has 1 saturated heterocycles. The summed E-state index contributed by atoms with van der Waals surface area (Å²) >= 11 is 2.68. The van der Waals surface area contributed by atoms with Crippen molar-refractivity contribution in [3.63, 3.8) is 0 Å². The van der Waals surface area contributed by atoms with Crippen LogP contribution in [0.2, 0.25) is 0 Å². The van der Waals surface area contributed by atoms with Crippen LogP contribution in [0.5, 0.6) is 0 Å². The third-order valence-electron chi connectivity index (χ3n) is 4.39. The van der Waals surface area contributed by atoms with E-state index in [1.807, 2.05) is 11.4 Å². The standard InChI is InChI=1S/C19H20FN3O2S2/c1-11-7-23(8-12(2)25-11)9-13-10-26-19(21-13)22-18(24)17-6-14-15(20)4-3-5-16(14)27-17/h3-6,10-12H,7-9H2,1-2H3,(H,21,22,24). The molecule has 0 aliphatic carbocycles. The van der Waals surface area contributed by atoms with E-state index in [-0.39, 0.29) is 23.9 Å². The van der Waals surface area contributed by atoms with Crippen LogP contribution in [0.3, 0.4) is 0 Å². The van der Waals surface area contributed by atoms with Crippen molar-refractivity contribution >= 4 is 43.8 Å². The lowest BCUT2D eigenvalue weighted by molar-refractivity contribution is -0.0707. The number of fused-ring (bicyclic) bond motifs is 1. The van der Waals surface area contributed by atoms with Crippen LogP contribution >= 0.6 is 22.7 Å². The number of amides is 1. The molecule has 1 aromatic carbocycles. The molecule has 1 N–H and O–H groups in total. The second-order valence-electron chi connectivity index (χ2n) is 6.81. The second-order valence-corrected chi connectivity index (χ2v) is 8.75. The number of anilines is 1. The summed E-state index contributed by atoms with van der Waals surface area (Å²) in [5.74, 6) is -0.571. The van der Waals surface area contributed by atoms with Crippen molar-refractivity contribution in [2.75, 3.05) is 18.4 Å². The zero-order valence-electron chi connectivity index (χ0n) is 15.1. The number of aromatic nitrogens is 1. The molecule has 1 fully saturated rings. The number of ether oxygens (including phenoxy) is 1. The number of morpholine rings is 1. The fourth-order valence-electron chi connectivity index (χ4n) is 3.38. The van der Waals surface area contributed by atoms with E-state index in [9.17, 15) is 9.18 Å². The lowest BCUT2D eigenvalue weighted by Gasteiger charge is -2.34. The summed E-state index contributed by atoms with van der Waals surface area (Å²) in [6.07, 6.45) is 0.417. The summed E-state index contributed by atoms with van der Waals surface area (Å²) < 4.78 is 20.3. The van der Waals surface area contributed by atoms with Gasteiger partial charge in [-0.05, 0) is 32.0 Å². The highest BCUT2D eigenvalue weighted by Crippen LogP contribution is 2.28. The largest absolute Gasteiger partial charge is 0.373 e. The maximum absolute atomic E-state index is 13.8. The van der Waals surface area contributed by atoms with Crippen LogP contribution in [0.25, 0.3) is 10.1 Å². The first-order valence-electron chi connectivity index (χ1n) is 8.79. The first kappa shape index (κ1) is 18.5. The van der Waals surface area contributed by atoms with Crippen molar-refractivity contribution in [3.05, 3.63) is 46.0 Å². The van der Waals surface area contributed by atoms with Gasteiger partial charge in [0.2, 0.25) is 0 Å². The Bertz CT molecular complexity index is 961. The Morgan fingerprint density at radius 2 is 2.15 bits per heavy atom. The van der Waals surface area contributed by atoms with Crippen molar-refractivity contribution in [2.24, 2.45) is 0 Å². The van der Waals surface area contributed by atoms with E-state index in [1.165, 1.54) is 28.7 Å².